The van der Waals surface area contributed by atoms with Crippen LogP contribution < -0.4 is 15.8 Å². The predicted octanol–water partition coefficient (Wildman–Crippen LogP) is 5.37. The van der Waals surface area contributed by atoms with Crippen molar-refractivity contribution in [3.63, 3.8) is 0 Å². The summed E-state index contributed by atoms with van der Waals surface area (Å²) in [5.41, 5.74) is 6.14. The van der Waals surface area contributed by atoms with E-state index in [9.17, 15) is 4.39 Å². The number of fused-ring (bicyclic) bond motifs is 2. The van der Waals surface area contributed by atoms with Gasteiger partial charge in [0.2, 0.25) is 0 Å². The first-order chi connectivity index (χ1) is 18.3. The molecule has 0 unspecified atom stereocenters. The van der Waals surface area contributed by atoms with Crippen molar-refractivity contribution in [3.05, 3.63) is 70.4 Å². The van der Waals surface area contributed by atoms with Gasteiger partial charge in [-0.05, 0) is 31.5 Å². The number of hydrogen-bond donors (Lipinski definition) is 2. The van der Waals surface area contributed by atoms with E-state index in [1.807, 2.05) is 11.4 Å². The summed E-state index contributed by atoms with van der Waals surface area (Å²) in [6, 6.07) is 6.34. The Kier molecular flexibility index (Phi) is 6.20. The van der Waals surface area contributed by atoms with E-state index in [4.69, 9.17) is 15.2 Å². The Morgan fingerprint density at radius 3 is 2.84 bits per heavy atom. The monoisotopic (exact) mass is 554 g/mol. The molecule has 196 valence electrons. The number of benzene rings is 1. The number of thioether (sulfide) groups is 1. The normalized spacial score (nSPS) is 24.1. The average Bonchev–Trinajstić information content (AvgIpc) is 3.36. The van der Waals surface area contributed by atoms with Crippen molar-refractivity contribution in [2.75, 3.05) is 19.0 Å². The minimum atomic E-state index is -1.04. The SMILES string of the molecule is COC[C@]12C[C@H]1[C@](C)(c1cc(Nc3nccc4cc(OCc5nccs5)cnc34)cc(F)c1F)N=C(N)S2. The molecule has 1 aromatic carbocycles. The lowest BCUT2D eigenvalue weighted by molar-refractivity contribution is 0.184. The Hall–Kier alpha value is -3.35. The highest BCUT2D eigenvalue weighted by molar-refractivity contribution is 8.15. The van der Waals surface area contributed by atoms with Crippen LogP contribution in [0.2, 0.25) is 0 Å². The second-order valence-corrected chi connectivity index (χ2v) is 11.9. The second-order valence-electron chi connectivity index (χ2n) is 9.52. The minimum absolute atomic E-state index is 0.0449. The molecule has 4 aromatic rings. The molecule has 1 aliphatic carbocycles. The Morgan fingerprint density at radius 2 is 2.05 bits per heavy atom. The standard InChI is InChI=1S/C26H24F2N6O2S2/c1-25(19-10-26(19,13-35-2)38-24(29)34-25)17-8-15(9-18(27)21(17)28)33-23-22-14(3-4-31-23)7-16(11-32-22)36-12-20-30-5-6-37-20/h3-9,11,19H,10,12-13H2,1-2H3,(H2,29,34)(H,31,33)/t19-,25-,26+/m0/s1. The van der Waals surface area contributed by atoms with Crippen LogP contribution in [0.25, 0.3) is 10.9 Å². The number of methoxy groups -OCH3 is 1. The van der Waals surface area contributed by atoms with Gasteiger partial charge in [-0.25, -0.2) is 23.7 Å². The quantitative estimate of drug-likeness (QED) is 0.299. The van der Waals surface area contributed by atoms with E-state index in [-0.39, 0.29) is 16.2 Å². The van der Waals surface area contributed by atoms with Crippen molar-refractivity contribution >= 4 is 50.7 Å². The summed E-state index contributed by atoms with van der Waals surface area (Å²) in [5.74, 6) is -0.981. The molecule has 3 N–H and O–H groups in total. The summed E-state index contributed by atoms with van der Waals surface area (Å²) in [6.07, 6.45) is 5.68. The van der Waals surface area contributed by atoms with Crippen LogP contribution in [0.1, 0.15) is 23.9 Å². The number of anilines is 2. The third-order valence-corrected chi connectivity index (χ3v) is 9.03. The number of nitrogens with zero attached hydrogens (tertiary/aromatic N) is 4. The van der Waals surface area contributed by atoms with E-state index >= 15 is 4.39 Å². The zero-order chi connectivity index (χ0) is 26.5. The van der Waals surface area contributed by atoms with Gasteiger partial charge >= 0.3 is 0 Å². The summed E-state index contributed by atoms with van der Waals surface area (Å²) in [4.78, 5) is 17.7. The minimum Gasteiger partial charge on any atom is -0.485 e. The third-order valence-electron chi connectivity index (χ3n) is 7.00. The lowest BCUT2D eigenvalue weighted by atomic mass is 9.85. The molecule has 4 heterocycles. The number of rotatable bonds is 8. The molecule has 1 fully saturated rings. The Labute approximate surface area is 225 Å². The molecule has 8 nitrogen and oxygen atoms in total. The molecule has 12 heteroatoms. The molecule has 3 aromatic heterocycles. The summed E-state index contributed by atoms with van der Waals surface area (Å²) in [6.45, 7) is 2.60. The molecule has 3 atom stereocenters. The summed E-state index contributed by atoms with van der Waals surface area (Å²) in [7, 11) is 1.62. The molecule has 0 radical (unpaired) electrons. The molecule has 6 rings (SSSR count). The summed E-state index contributed by atoms with van der Waals surface area (Å²) < 4.78 is 41.1. The van der Waals surface area contributed by atoms with E-state index in [1.54, 1.807) is 44.8 Å². The number of halogens is 2. The summed E-state index contributed by atoms with van der Waals surface area (Å²) >= 11 is 2.96. The van der Waals surface area contributed by atoms with Crippen molar-refractivity contribution in [1.82, 2.24) is 15.0 Å². The van der Waals surface area contributed by atoms with Crippen LogP contribution in [0.5, 0.6) is 5.75 Å². The molecular formula is C26H24F2N6O2S2. The van der Waals surface area contributed by atoms with Crippen molar-refractivity contribution in [2.45, 2.75) is 30.2 Å². The maximum atomic E-state index is 15.3. The molecule has 38 heavy (non-hydrogen) atoms. The first kappa shape index (κ1) is 25.0. The Balaban J connectivity index is 1.31. The fourth-order valence-corrected chi connectivity index (χ4v) is 7.15. The van der Waals surface area contributed by atoms with Crippen LogP contribution in [0.15, 0.2) is 53.2 Å². The van der Waals surface area contributed by atoms with Crippen molar-refractivity contribution in [2.24, 2.45) is 16.6 Å². The largest absolute Gasteiger partial charge is 0.485 e. The number of nitrogens with one attached hydrogen (secondary N) is 1. The van der Waals surface area contributed by atoms with Gasteiger partial charge in [-0.15, -0.1) is 11.3 Å². The van der Waals surface area contributed by atoms with Gasteiger partial charge in [-0.3, -0.25) is 4.99 Å². The van der Waals surface area contributed by atoms with Crippen LogP contribution in [0, 0.1) is 17.6 Å². The van der Waals surface area contributed by atoms with Gasteiger partial charge < -0.3 is 20.5 Å². The first-order valence-electron chi connectivity index (χ1n) is 11.9. The predicted molar refractivity (Wildman–Crippen MR) is 145 cm³/mol. The Morgan fingerprint density at radius 1 is 1.18 bits per heavy atom. The van der Waals surface area contributed by atoms with Gasteiger partial charge in [0.05, 0.1) is 23.1 Å². The summed E-state index contributed by atoms with van der Waals surface area (Å²) in [5, 5.41) is 6.98. The van der Waals surface area contributed by atoms with Crippen LogP contribution in [-0.4, -0.2) is 38.6 Å². The maximum Gasteiger partial charge on any atom is 0.164 e. The zero-order valence-corrected chi connectivity index (χ0v) is 22.2. The number of nitrogens with two attached hydrogens (primary N) is 1. The highest BCUT2D eigenvalue weighted by atomic mass is 32.2. The van der Waals surface area contributed by atoms with Gasteiger partial charge in [-0.2, -0.15) is 0 Å². The molecule has 0 spiro atoms. The lowest BCUT2D eigenvalue weighted by Gasteiger charge is -2.34. The molecule has 0 saturated heterocycles. The van der Waals surface area contributed by atoms with Gasteiger partial charge in [0, 0.05) is 53.5 Å². The number of pyridine rings is 2. The Bertz CT molecular complexity index is 1550. The molecule has 1 aliphatic heterocycles. The number of amidine groups is 1. The second kappa shape index (κ2) is 9.44. The topological polar surface area (TPSA) is 108 Å². The molecular weight excluding hydrogens is 530 g/mol. The number of hydrogen-bond acceptors (Lipinski definition) is 10. The van der Waals surface area contributed by atoms with E-state index in [2.05, 4.69) is 25.3 Å². The van der Waals surface area contributed by atoms with Gasteiger partial charge in [0.1, 0.15) is 22.9 Å². The lowest BCUT2D eigenvalue weighted by Crippen LogP contribution is -2.37. The molecule has 1 saturated carbocycles. The van der Waals surface area contributed by atoms with Gasteiger partial charge in [0.25, 0.3) is 0 Å². The van der Waals surface area contributed by atoms with E-state index in [1.165, 1.54) is 23.1 Å². The third kappa shape index (κ3) is 4.36. The molecule has 0 bridgehead atoms. The van der Waals surface area contributed by atoms with Crippen LogP contribution >= 0.6 is 23.1 Å². The smallest absolute Gasteiger partial charge is 0.164 e. The van der Waals surface area contributed by atoms with E-state index in [0.717, 1.165) is 22.9 Å². The number of ether oxygens (including phenoxy) is 2. The van der Waals surface area contributed by atoms with Crippen LogP contribution in [0.4, 0.5) is 20.3 Å². The maximum absolute atomic E-state index is 15.3. The van der Waals surface area contributed by atoms with Crippen molar-refractivity contribution < 1.29 is 18.3 Å². The number of thiazole rings is 1. The van der Waals surface area contributed by atoms with E-state index < -0.39 is 17.2 Å². The fourth-order valence-electron chi connectivity index (χ4n) is 5.18. The van der Waals surface area contributed by atoms with Crippen LogP contribution in [0.3, 0.4) is 0 Å². The molecule has 2 aliphatic rings. The van der Waals surface area contributed by atoms with Gasteiger partial charge in [0.15, 0.2) is 22.6 Å². The number of aliphatic imine (C=N–C) groups is 1. The highest BCUT2D eigenvalue weighted by Crippen LogP contribution is 2.66. The van der Waals surface area contributed by atoms with Crippen molar-refractivity contribution in [1.29, 1.82) is 0 Å². The first-order valence-corrected chi connectivity index (χ1v) is 13.6. The fraction of sp³-hybridized carbons (Fsp3) is 0.308. The van der Waals surface area contributed by atoms with E-state index in [0.29, 0.717) is 41.2 Å². The number of aromatic nitrogens is 3. The highest BCUT2D eigenvalue weighted by Gasteiger charge is 2.66. The van der Waals surface area contributed by atoms with Crippen LogP contribution in [-0.2, 0) is 16.9 Å². The zero-order valence-electron chi connectivity index (χ0n) is 20.6. The van der Waals surface area contributed by atoms with Crippen molar-refractivity contribution in [3.8, 4) is 5.75 Å². The average molecular weight is 555 g/mol. The molecule has 0 amide bonds. The van der Waals surface area contributed by atoms with Gasteiger partial charge in [-0.1, -0.05) is 11.8 Å².